The van der Waals surface area contributed by atoms with Crippen LogP contribution >= 0.6 is 0 Å². The first-order valence-corrected chi connectivity index (χ1v) is 6.27. The van der Waals surface area contributed by atoms with E-state index < -0.39 is 11.6 Å². The first kappa shape index (κ1) is 13.3. The van der Waals surface area contributed by atoms with Crippen LogP contribution in [0.3, 0.4) is 0 Å². The van der Waals surface area contributed by atoms with Crippen LogP contribution in [-0.4, -0.2) is 20.8 Å². The summed E-state index contributed by atoms with van der Waals surface area (Å²) >= 11 is 0. The van der Waals surface area contributed by atoms with Crippen molar-refractivity contribution in [2.24, 2.45) is 0 Å². The Morgan fingerprint density at radius 2 is 2.05 bits per heavy atom. The molecule has 2 heterocycles. The third kappa shape index (κ3) is 2.62. The summed E-state index contributed by atoms with van der Waals surface area (Å²) < 4.78 is 34.0. The Morgan fingerprint density at radius 1 is 1.19 bits per heavy atom. The number of benzene rings is 1. The summed E-state index contributed by atoms with van der Waals surface area (Å²) in [6.07, 6.45) is 1.61. The lowest BCUT2D eigenvalue weighted by Gasteiger charge is -2.06. The smallest absolute Gasteiger partial charge is 0.350 e. The predicted octanol–water partition coefficient (Wildman–Crippen LogP) is 1.85. The minimum absolute atomic E-state index is 0.0480. The van der Waals surface area contributed by atoms with Gasteiger partial charge >= 0.3 is 5.69 Å². The highest BCUT2D eigenvalue weighted by Gasteiger charge is 2.07. The van der Waals surface area contributed by atoms with Crippen LogP contribution in [0.15, 0.2) is 47.4 Å². The van der Waals surface area contributed by atoms with Gasteiger partial charge in [0.2, 0.25) is 0 Å². The molecule has 0 aliphatic heterocycles. The number of ether oxygens (including phenoxy) is 1. The molecule has 3 rings (SSSR count). The molecule has 1 aromatic carbocycles. The lowest BCUT2D eigenvalue weighted by Crippen LogP contribution is -2.24. The molecular weight excluding hydrogens is 280 g/mol. The van der Waals surface area contributed by atoms with Crippen LogP contribution in [0.5, 0.6) is 5.75 Å². The van der Waals surface area contributed by atoms with Crippen LogP contribution in [0.2, 0.25) is 0 Å². The first-order valence-electron chi connectivity index (χ1n) is 6.27. The Balaban J connectivity index is 1.72. The maximum absolute atomic E-state index is 13.4. The fourth-order valence-electron chi connectivity index (χ4n) is 1.95. The summed E-state index contributed by atoms with van der Waals surface area (Å²) in [6.45, 7) is 0.212. The summed E-state index contributed by atoms with van der Waals surface area (Å²) in [6, 6.07) is 8.26. The summed E-state index contributed by atoms with van der Waals surface area (Å²) in [4.78, 5) is 12.0. The van der Waals surface area contributed by atoms with Crippen LogP contribution in [0.4, 0.5) is 8.78 Å². The van der Waals surface area contributed by atoms with E-state index in [0.29, 0.717) is 5.65 Å². The zero-order valence-electron chi connectivity index (χ0n) is 10.9. The molecule has 0 unspecified atom stereocenters. The van der Waals surface area contributed by atoms with Crippen molar-refractivity contribution < 1.29 is 13.5 Å². The van der Waals surface area contributed by atoms with Gasteiger partial charge in [-0.1, -0.05) is 6.07 Å². The van der Waals surface area contributed by atoms with Gasteiger partial charge in [-0.05, 0) is 24.3 Å². The summed E-state index contributed by atoms with van der Waals surface area (Å²) in [5.41, 5.74) is 0.226. The molecule has 5 nitrogen and oxygen atoms in total. The Hall–Kier alpha value is -2.70. The first-order chi connectivity index (χ1) is 10.1. The van der Waals surface area contributed by atoms with E-state index in [1.165, 1.54) is 15.1 Å². The molecule has 7 heteroatoms. The molecule has 0 saturated carbocycles. The minimum Gasteiger partial charge on any atom is -0.489 e. The zero-order chi connectivity index (χ0) is 14.8. The number of pyridine rings is 1. The van der Waals surface area contributed by atoms with E-state index >= 15 is 0 Å². The van der Waals surface area contributed by atoms with Crippen molar-refractivity contribution >= 4 is 5.65 Å². The largest absolute Gasteiger partial charge is 0.489 e. The Labute approximate surface area is 118 Å². The lowest BCUT2D eigenvalue weighted by molar-refractivity contribution is 0.275. The standard InChI is InChI=1S/C14H11F2N3O2/c15-10-4-5-12(11(16)9-10)21-8-7-19-14(20)18-6-2-1-3-13(18)17-19/h1-6,9H,7-8H2. The molecule has 2 aromatic heterocycles. The molecule has 0 spiro atoms. The van der Waals surface area contributed by atoms with E-state index in [4.69, 9.17) is 4.74 Å². The number of hydrogen-bond acceptors (Lipinski definition) is 3. The predicted molar refractivity (Wildman–Crippen MR) is 71.3 cm³/mol. The highest BCUT2D eigenvalue weighted by molar-refractivity contribution is 5.35. The van der Waals surface area contributed by atoms with E-state index in [-0.39, 0.29) is 24.6 Å². The van der Waals surface area contributed by atoms with E-state index in [9.17, 15) is 13.6 Å². The van der Waals surface area contributed by atoms with Crippen molar-refractivity contribution in [2.75, 3.05) is 6.61 Å². The van der Waals surface area contributed by atoms with Gasteiger partial charge in [-0.15, -0.1) is 5.10 Å². The van der Waals surface area contributed by atoms with Gasteiger partial charge in [0.1, 0.15) is 12.4 Å². The second-order valence-corrected chi connectivity index (χ2v) is 4.36. The van der Waals surface area contributed by atoms with Gasteiger partial charge in [0, 0.05) is 12.3 Å². The van der Waals surface area contributed by atoms with E-state index in [1.54, 1.807) is 24.4 Å². The normalized spacial score (nSPS) is 11.0. The summed E-state index contributed by atoms with van der Waals surface area (Å²) in [5, 5.41) is 4.11. The highest BCUT2D eigenvalue weighted by Crippen LogP contribution is 2.17. The van der Waals surface area contributed by atoms with Crippen molar-refractivity contribution in [3.8, 4) is 5.75 Å². The molecule has 0 N–H and O–H groups in total. The van der Waals surface area contributed by atoms with E-state index in [2.05, 4.69) is 5.10 Å². The van der Waals surface area contributed by atoms with Crippen molar-refractivity contribution in [1.82, 2.24) is 14.2 Å². The Morgan fingerprint density at radius 3 is 2.81 bits per heavy atom. The van der Waals surface area contributed by atoms with E-state index in [0.717, 1.165) is 12.1 Å². The van der Waals surface area contributed by atoms with Gasteiger partial charge in [0.25, 0.3) is 0 Å². The molecule has 0 fully saturated rings. The molecule has 0 radical (unpaired) electrons. The average Bonchev–Trinajstić information content (AvgIpc) is 2.79. The molecule has 0 amide bonds. The Bertz CT molecular complexity index is 842. The van der Waals surface area contributed by atoms with Gasteiger partial charge < -0.3 is 4.74 Å². The average molecular weight is 291 g/mol. The zero-order valence-corrected chi connectivity index (χ0v) is 10.9. The van der Waals surface area contributed by atoms with Crippen LogP contribution in [0, 0.1) is 11.6 Å². The second-order valence-electron chi connectivity index (χ2n) is 4.36. The van der Waals surface area contributed by atoms with Gasteiger partial charge in [0.05, 0.1) is 6.54 Å². The molecule has 0 bridgehead atoms. The second kappa shape index (κ2) is 5.35. The van der Waals surface area contributed by atoms with Crippen LogP contribution in [-0.2, 0) is 6.54 Å². The number of rotatable bonds is 4. The lowest BCUT2D eigenvalue weighted by atomic mass is 10.3. The fraction of sp³-hybridized carbons (Fsp3) is 0.143. The highest BCUT2D eigenvalue weighted by atomic mass is 19.1. The molecule has 21 heavy (non-hydrogen) atoms. The van der Waals surface area contributed by atoms with Crippen molar-refractivity contribution in [1.29, 1.82) is 0 Å². The van der Waals surface area contributed by atoms with Crippen molar-refractivity contribution in [3.63, 3.8) is 0 Å². The third-order valence-electron chi connectivity index (χ3n) is 2.94. The summed E-state index contributed by atoms with van der Waals surface area (Å²) in [5.74, 6) is -1.51. The number of hydrogen-bond donors (Lipinski definition) is 0. The molecule has 0 aliphatic carbocycles. The third-order valence-corrected chi connectivity index (χ3v) is 2.94. The number of fused-ring (bicyclic) bond motifs is 1. The maximum atomic E-state index is 13.4. The number of halogens is 2. The summed E-state index contributed by atoms with van der Waals surface area (Å²) in [7, 11) is 0. The van der Waals surface area contributed by atoms with Gasteiger partial charge in [-0.25, -0.2) is 18.3 Å². The maximum Gasteiger partial charge on any atom is 0.350 e. The van der Waals surface area contributed by atoms with Gasteiger partial charge in [-0.3, -0.25) is 4.40 Å². The minimum atomic E-state index is -0.780. The van der Waals surface area contributed by atoms with E-state index in [1.807, 2.05) is 0 Å². The van der Waals surface area contributed by atoms with Crippen molar-refractivity contribution in [3.05, 3.63) is 64.7 Å². The van der Waals surface area contributed by atoms with Crippen LogP contribution < -0.4 is 10.4 Å². The van der Waals surface area contributed by atoms with Gasteiger partial charge in [-0.2, -0.15) is 0 Å². The molecule has 0 saturated heterocycles. The molecule has 3 aromatic rings. The quantitative estimate of drug-likeness (QED) is 0.737. The Kier molecular flexibility index (Phi) is 3.39. The molecular formula is C14H11F2N3O2. The number of nitrogens with zero attached hydrogens (tertiary/aromatic N) is 3. The fourth-order valence-corrected chi connectivity index (χ4v) is 1.95. The molecule has 108 valence electrons. The van der Waals surface area contributed by atoms with Gasteiger partial charge in [0.15, 0.2) is 17.2 Å². The monoisotopic (exact) mass is 291 g/mol. The molecule has 0 atom stereocenters. The topological polar surface area (TPSA) is 48.5 Å². The van der Waals surface area contributed by atoms with Crippen LogP contribution in [0.1, 0.15) is 0 Å². The van der Waals surface area contributed by atoms with Crippen LogP contribution in [0.25, 0.3) is 5.65 Å². The molecule has 0 aliphatic rings. The number of aromatic nitrogens is 3. The van der Waals surface area contributed by atoms with Crippen molar-refractivity contribution in [2.45, 2.75) is 6.54 Å². The SMILES string of the molecule is O=c1n(CCOc2ccc(F)cc2F)nc2ccccn12.